The summed E-state index contributed by atoms with van der Waals surface area (Å²) in [5.41, 5.74) is 1.16. The van der Waals surface area contributed by atoms with Gasteiger partial charge in [-0.25, -0.2) is 8.42 Å². The quantitative estimate of drug-likeness (QED) is 0.811. The zero-order valence-corrected chi connectivity index (χ0v) is 15.2. The normalized spacial score (nSPS) is 18.8. The Hall–Kier alpha value is -1.92. The Kier molecular flexibility index (Phi) is 5.11. The lowest BCUT2D eigenvalue weighted by atomic mass is 10.2. The van der Waals surface area contributed by atoms with E-state index in [9.17, 15) is 8.42 Å². The standard InChI is InChI=1S/C16H17ClN4O3S/c1-2-20-10-13(9-19-20)15-11-21(5-6-24-15)25(22,23)16-4-3-12(8-18)7-14(16)17/h3-4,7,9-10,15H,2,5-6,11H2,1H3/t15-/m1/s1. The molecule has 1 saturated heterocycles. The average molecular weight is 381 g/mol. The zero-order valence-electron chi connectivity index (χ0n) is 13.6. The van der Waals surface area contributed by atoms with Crippen LogP contribution in [-0.4, -0.2) is 42.2 Å². The number of halogens is 1. The first-order valence-electron chi connectivity index (χ1n) is 7.79. The summed E-state index contributed by atoms with van der Waals surface area (Å²) in [6.45, 7) is 3.43. The molecule has 1 atom stereocenters. The second kappa shape index (κ2) is 7.14. The number of hydrogen-bond donors (Lipinski definition) is 0. The highest BCUT2D eigenvalue weighted by Crippen LogP contribution is 2.30. The van der Waals surface area contributed by atoms with Crippen molar-refractivity contribution in [1.82, 2.24) is 14.1 Å². The van der Waals surface area contributed by atoms with Crippen molar-refractivity contribution in [3.05, 3.63) is 46.7 Å². The van der Waals surface area contributed by atoms with Crippen molar-refractivity contribution in [1.29, 1.82) is 5.26 Å². The summed E-state index contributed by atoms with van der Waals surface area (Å²) in [4.78, 5) is -0.00179. The topological polar surface area (TPSA) is 88.2 Å². The van der Waals surface area contributed by atoms with Gasteiger partial charge >= 0.3 is 0 Å². The third kappa shape index (κ3) is 3.55. The van der Waals surface area contributed by atoms with Crippen molar-refractivity contribution < 1.29 is 13.2 Å². The first-order valence-corrected chi connectivity index (χ1v) is 9.61. The monoisotopic (exact) mass is 380 g/mol. The average Bonchev–Trinajstić information content (AvgIpc) is 3.10. The molecule has 2 heterocycles. The molecular formula is C16H17ClN4O3S. The second-order valence-corrected chi connectivity index (χ2v) is 7.92. The van der Waals surface area contributed by atoms with Gasteiger partial charge in [0.2, 0.25) is 10.0 Å². The van der Waals surface area contributed by atoms with Crippen LogP contribution in [0.2, 0.25) is 5.02 Å². The van der Waals surface area contributed by atoms with E-state index >= 15 is 0 Å². The van der Waals surface area contributed by atoms with E-state index in [1.165, 1.54) is 22.5 Å². The summed E-state index contributed by atoms with van der Waals surface area (Å²) < 4.78 is 34.7. The van der Waals surface area contributed by atoms with Crippen molar-refractivity contribution in [2.75, 3.05) is 19.7 Å². The number of nitrogens with zero attached hydrogens (tertiary/aromatic N) is 4. The Balaban J connectivity index is 1.86. The van der Waals surface area contributed by atoms with Crippen molar-refractivity contribution in [2.24, 2.45) is 0 Å². The number of aryl methyl sites for hydroxylation is 1. The van der Waals surface area contributed by atoms with Crippen LogP contribution in [-0.2, 0) is 21.3 Å². The third-order valence-corrected chi connectivity index (χ3v) is 6.41. The molecule has 2 aromatic rings. The van der Waals surface area contributed by atoms with E-state index in [-0.39, 0.29) is 35.7 Å². The van der Waals surface area contributed by atoms with E-state index in [0.29, 0.717) is 5.56 Å². The van der Waals surface area contributed by atoms with E-state index in [1.807, 2.05) is 19.2 Å². The highest BCUT2D eigenvalue weighted by Gasteiger charge is 2.33. The predicted molar refractivity (Wildman–Crippen MR) is 91.5 cm³/mol. The molecule has 0 amide bonds. The molecule has 0 aliphatic carbocycles. The molecule has 0 spiro atoms. The van der Waals surface area contributed by atoms with Gasteiger partial charge in [0.1, 0.15) is 4.90 Å². The van der Waals surface area contributed by atoms with Crippen molar-refractivity contribution in [3.63, 3.8) is 0 Å². The van der Waals surface area contributed by atoms with Gasteiger partial charge in [0.15, 0.2) is 0 Å². The molecular weight excluding hydrogens is 364 g/mol. The zero-order chi connectivity index (χ0) is 18.0. The molecule has 1 aromatic carbocycles. The van der Waals surface area contributed by atoms with E-state index in [4.69, 9.17) is 21.6 Å². The van der Waals surface area contributed by atoms with Gasteiger partial charge in [-0.1, -0.05) is 11.6 Å². The van der Waals surface area contributed by atoms with Crippen LogP contribution in [0.5, 0.6) is 0 Å². The molecule has 1 aliphatic rings. The smallest absolute Gasteiger partial charge is 0.244 e. The molecule has 132 valence electrons. The lowest BCUT2D eigenvalue weighted by Crippen LogP contribution is -2.42. The lowest BCUT2D eigenvalue weighted by molar-refractivity contribution is -0.00260. The van der Waals surface area contributed by atoms with Gasteiger partial charge in [-0.15, -0.1) is 0 Å². The maximum Gasteiger partial charge on any atom is 0.244 e. The van der Waals surface area contributed by atoms with Gasteiger partial charge in [0, 0.05) is 31.4 Å². The van der Waals surface area contributed by atoms with Crippen molar-refractivity contribution in [2.45, 2.75) is 24.5 Å². The molecule has 0 unspecified atom stereocenters. The highest BCUT2D eigenvalue weighted by molar-refractivity contribution is 7.89. The SMILES string of the molecule is CCn1cc([C@H]2CN(S(=O)(=O)c3ccc(C#N)cc3Cl)CCO2)cn1. The second-order valence-electron chi connectivity index (χ2n) is 5.61. The van der Waals surface area contributed by atoms with Crippen LogP contribution in [0.4, 0.5) is 0 Å². The van der Waals surface area contributed by atoms with Gasteiger partial charge in [0.05, 0.1) is 35.6 Å². The summed E-state index contributed by atoms with van der Waals surface area (Å²) in [6, 6.07) is 6.12. The van der Waals surface area contributed by atoms with Crippen molar-refractivity contribution >= 4 is 21.6 Å². The fraction of sp³-hybridized carbons (Fsp3) is 0.375. The summed E-state index contributed by atoms with van der Waals surface area (Å²) >= 11 is 6.09. The molecule has 0 saturated carbocycles. The fourth-order valence-electron chi connectivity index (χ4n) is 2.68. The maximum atomic E-state index is 12.9. The van der Waals surface area contributed by atoms with Crippen LogP contribution in [0.15, 0.2) is 35.5 Å². The summed E-state index contributed by atoms with van der Waals surface area (Å²) in [6.07, 6.45) is 3.18. The van der Waals surface area contributed by atoms with Crippen LogP contribution < -0.4 is 0 Å². The molecule has 1 aliphatic heterocycles. The van der Waals surface area contributed by atoms with Crippen LogP contribution in [0, 0.1) is 11.3 Å². The number of aromatic nitrogens is 2. The molecule has 0 bridgehead atoms. The first kappa shape index (κ1) is 17.9. The van der Waals surface area contributed by atoms with Crippen LogP contribution in [0.1, 0.15) is 24.2 Å². The number of morpholine rings is 1. The van der Waals surface area contributed by atoms with Crippen LogP contribution in [0.3, 0.4) is 0 Å². The van der Waals surface area contributed by atoms with Crippen LogP contribution in [0.25, 0.3) is 0 Å². The minimum atomic E-state index is -3.77. The van der Waals surface area contributed by atoms with Gasteiger partial charge < -0.3 is 4.74 Å². The predicted octanol–water partition coefficient (Wildman–Crippen LogP) is 2.19. The number of nitriles is 1. The Morgan fingerprint density at radius 3 is 2.92 bits per heavy atom. The number of rotatable bonds is 4. The summed E-state index contributed by atoms with van der Waals surface area (Å²) in [7, 11) is -3.77. The molecule has 0 radical (unpaired) electrons. The largest absolute Gasteiger partial charge is 0.371 e. The van der Waals surface area contributed by atoms with Crippen molar-refractivity contribution in [3.8, 4) is 6.07 Å². The Labute approximate surface area is 151 Å². The van der Waals surface area contributed by atoms with Gasteiger partial charge in [0.25, 0.3) is 0 Å². The van der Waals surface area contributed by atoms with E-state index < -0.39 is 10.0 Å². The summed E-state index contributed by atoms with van der Waals surface area (Å²) in [5.74, 6) is 0. The van der Waals surface area contributed by atoms with E-state index in [1.54, 1.807) is 10.9 Å². The fourth-order valence-corrected chi connectivity index (χ4v) is 4.63. The highest BCUT2D eigenvalue weighted by atomic mass is 35.5. The van der Waals surface area contributed by atoms with Gasteiger partial charge in [-0.05, 0) is 25.1 Å². The molecule has 25 heavy (non-hydrogen) atoms. The molecule has 1 aromatic heterocycles. The first-order chi connectivity index (χ1) is 12.0. The minimum Gasteiger partial charge on any atom is -0.371 e. The number of hydrogen-bond acceptors (Lipinski definition) is 5. The van der Waals surface area contributed by atoms with E-state index in [0.717, 1.165) is 12.1 Å². The maximum absolute atomic E-state index is 12.9. The Morgan fingerprint density at radius 2 is 2.28 bits per heavy atom. The molecule has 0 N–H and O–H groups in total. The minimum absolute atomic E-state index is 0.00179. The van der Waals surface area contributed by atoms with Gasteiger partial charge in [-0.3, -0.25) is 4.68 Å². The van der Waals surface area contributed by atoms with E-state index in [2.05, 4.69) is 5.10 Å². The third-order valence-electron chi connectivity index (χ3n) is 4.06. The Bertz CT molecular complexity index is 920. The summed E-state index contributed by atoms with van der Waals surface area (Å²) in [5, 5.41) is 13.1. The lowest BCUT2D eigenvalue weighted by Gasteiger charge is -2.31. The molecule has 1 fully saturated rings. The number of sulfonamides is 1. The molecule has 7 nitrogen and oxygen atoms in total. The van der Waals surface area contributed by atoms with Gasteiger partial charge in [-0.2, -0.15) is 14.7 Å². The Morgan fingerprint density at radius 1 is 1.48 bits per heavy atom. The van der Waals surface area contributed by atoms with Crippen LogP contribution >= 0.6 is 11.6 Å². The molecule has 3 rings (SSSR count). The number of ether oxygens (including phenoxy) is 1. The molecule has 9 heteroatoms. The number of benzene rings is 1.